The normalized spacial score (nSPS) is 22.3. The van der Waals surface area contributed by atoms with E-state index < -0.39 is 0 Å². The number of halogens is 1. The first-order valence-corrected chi connectivity index (χ1v) is 13.2. The summed E-state index contributed by atoms with van der Waals surface area (Å²) in [4.78, 5) is 34.4. The van der Waals surface area contributed by atoms with Gasteiger partial charge >= 0.3 is 0 Å². The van der Waals surface area contributed by atoms with Gasteiger partial charge in [0.2, 0.25) is 0 Å². The second kappa shape index (κ2) is 9.85. The molecule has 3 N–H and O–H groups in total. The number of aromatic amines is 1. The van der Waals surface area contributed by atoms with Crippen LogP contribution in [0.1, 0.15) is 46.6 Å². The van der Waals surface area contributed by atoms with E-state index >= 15 is 0 Å². The van der Waals surface area contributed by atoms with Gasteiger partial charge in [-0.05, 0) is 56.0 Å². The molecule has 0 saturated carbocycles. The van der Waals surface area contributed by atoms with Crippen LogP contribution in [0, 0.1) is 12.7 Å². The van der Waals surface area contributed by atoms with Crippen LogP contribution in [-0.4, -0.2) is 70.0 Å². The monoisotopic (exact) mass is 514 g/mol. The third-order valence-corrected chi connectivity index (χ3v) is 7.85. The molecule has 3 aliphatic heterocycles. The Morgan fingerprint density at radius 1 is 1.13 bits per heavy atom. The maximum atomic E-state index is 14.7. The van der Waals surface area contributed by atoms with E-state index in [1.165, 1.54) is 6.07 Å². The van der Waals surface area contributed by atoms with Gasteiger partial charge in [-0.25, -0.2) is 4.39 Å². The van der Waals surface area contributed by atoms with Crippen molar-refractivity contribution >= 4 is 29.2 Å². The lowest BCUT2D eigenvalue weighted by Gasteiger charge is -2.28. The topological polar surface area (TPSA) is 88.7 Å². The van der Waals surface area contributed by atoms with Crippen molar-refractivity contribution in [1.29, 1.82) is 0 Å². The first-order chi connectivity index (χ1) is 18.4. The number of aliphatic hydroxyl groups is 1. The number of hydrogen-bond donors (Lipinski definition) is 3. The second-order valence-corrected chi connectivity index (χ2v) is 10.5. The smallest absolute Gasteiger partial charge is 0.256 e. The number of nitrogens with zero attached hydrogens (tertiary/aromatic N) is 2. The van der Waals surface area contributed by atoms with Gasteiger partial charge in [0.15, 0.2) is 0 Å². The van der Waals surface area contributed by atoms with Crippen molar-refractivity contribution < 1.29 is 19.1 Å². The number of anilines is 1. The number of benzene rings is 2. The molecular formula is C30H31FN4O3. The lowest BCUT2D eigenvalue weighted by molar-refractivity contribution is -0.110. The first-order valence-electron chi connectivity index (χ1n) is 13.2. The van der Waals surface area contributed by atoms with Crippen molar-refractivity contribution in [3.8, 4) is 11.1 Å². The molecule has 2 aromatic carbocycles. The van der Waals surface area contributed by atoms with Crippen LogP contribution in [0.5, 0.6) is 0 Å². The Morgan fingerprint density at radius 3 is 2.74 bits per heavy atom. The molecule has 6 rings (SSSR count). The zero-order valence-corrected chi connectivity index (χ0v) is 21.3. The standard InChI is InChI=1S/C30H31FN4O3/c1-18-14-23(30(38)35-12-5-6-19(35)16-34-13-11-20(36)17-34)27(32-18)15-24-28-22(21-7-2-3-9-25(21)31)8-4-10-26(28)33-29(24)37/h2-4,7-10,14-15,19-20,32,36H,5-6,11-13,16-17H2,1H3,(H,33,37)/b24-15-/t19-,20+/m0/s1. The Hall–Kier alpha value is -3.75. The molecule has 7 nitrogen and oxygen atoms in total. The number of β-amino-alcohol motifs (C(OH)–C–C–N with tert-alkyl or cyclic N) is 1. The van der Waals surface area contributed by atoms with Crippen molar-refractivity contribution in [2.45, 2.75) is 38.3 Å². The number of amides is 2. The van der Waals surface area contributed by atoms with Gasteiger partial charge < -0.3 is 20.3 Å². The number of carbonyl (C=O) groups excluding carboxylic acids is 2. The van der Waals surface area contributed by atoms with E-state index in [2.05, 4.69) is 15.2 Å². The number of fused-ring (bicyclic) bond motifs is 1. The third kappa shape index (κ3) is 4.44. The van der Waals surface area contributed by atoms with Crippen LogP contribution in [-0.2, 0) is 4.79 Å². The summed E-state index contributed by atoms with van der Waals surface area (Å²) < 4.78 is 14.7. The number of likely N-dealkylation sites (tertiary alicyclic amines) is 2. The van der Waals surface area contributed by atoms with Gasteiger partial charge in [-0.15, -0.1) is 0 Å². The van der Waals surface area contributed by atoms with E-state index in [1.807, 2.05) is 24.0 Å². The van der Waals surface area contributed by atoms with Crippen molar-refractivity contribution in [1.82, 2.24) is 14.8 Å². The quantitative estimate of drug-likeness (QED) is 0.443. The summed E-state index contributed by atoms with van der Waals surface area (Å²) in [6.07, 6.45) is 4.07. The molecule has 196 valence electrons. The summed E-state index contributed by atoms with van der Waals surface area (Å²) in [5, 5.41) is 12.8. The molecule has 1 aromatic heterocycles. The number of carbonyl (C=O) groups is 2. The summed E-state index contributed by atoms with van der Waals surface area (Å²) in [7, 11) is 0. The molecule has 4 heterocycles. The number of H-pyrrole nitrogens is 1. The van der Waals surface area contributed by atoms with Crippen molar-refractivity contribution in [2.24, 2.45) is 0 Å². The Kier molecular flexibility index (Phi) is 6.37. The number of aliphatic hydroxyl groups excluding tert-OH is 1. The van der Waals surface area contributed by atoms with Crippen LogP contribution in [0.15, 0.2) is 48.5 Å². The van der Waals surface area contributed by atoms with E-state index in [-0.39, 0.29) is 29.8 Å². The minimum absolute atomic E-state index is 0.0653. The fraction of sp³-hybridized carbons (Fsp3) is 0.333. The molecule has 3 aromatic rings. The summed E-state index contributed by atoms with van der Waals surface area (Å²) in [6.45, 7) is 4.82. The van der Waals surface area contributed by atoms with Gasteiger partial charge in [-0.1, -0.05) is 30.3 Å². The highest BCUT2D eigenvalue weighted by Gasteiger charge is 2.34. The van der Waals surface area contributed by atoms with Gasteiger partial charge in [-0.2, -0.15) is 0 Å². The predicted octanol–water partition coefficient (Wildman–Crippen LogP) is 4.29. The summed E-state index contributed by atoms with van der Waals surface area (Å²) in [5.41, 5.74) is 4.57. The van der Waals surface area contributed by atoms with E-state index in [0.717, 1.165) is 38.0 Å². The SMILES string of the molecule is Cc1cc(C(=O)N2CCC[C@H]2CN2CC[C@@H](O)C2)c(/C=C2\C(=O)Nc3cccc(-c4ccccc4F)c32)[nH]1. The number of hydrogen-bond acceptors (Lipinski definition) is 4. The molecule has 0 bridgehead atoms. The number of nitrogens with one attached hydrogen (secondary N) is 2. The fourth-order valence-corrected chi connectivity index (χ4v) is 6.06. The molecule has 2 atom stereocenters. The van der Waals surface area contributed by atoms with Gasteiger partial charge in [0.05, 0.1) is 22.9 Å². The van der Waals surface area contributed by atoms with E-state index in [9.17, 15) is 19.1 Å². The zero-order chi connectivity index (χ0) is 26.4. The molecule has 0 spiro atoms. The first kappa shape index (κ1) is 24.6. The molecule has 2 saturated heterocycles. The summed E-state index contributed by atoms with van der Waals surface area (Å²) in [6, 6.07) is 13.8. The highest BCUT2D eigenvalue weighted by Crippen LogP contribution is 2.41. The van der Waals surface area contributed by atoms with Crippen LogP contribution in [0.4, 0.5) is 10.1 Å². The summed E-state index contributed by atoms with van der Waals surface area (Å²) in [5.74, 6) is -0.720. The third-order valence-electron chi connectivity index (χ3n) is 7.85. The highest BCUT2D eigenvalue weighted by atomic mass is 19.1. The maximum Gasteiger partial charge on any atom is 0.256 e. The Morgan fingerprint density at radius 2 is 1.95 bits per heavy atom. The minimum atomic E-state index is -0.364. The zero-order valence-electron chi connectivity index (χ0n) is 21.3. The predicted molar refractivity (Wildman–Crippen MR) is 145 cm³/mol. The minimum Gasteiger partial charge on any atom is -0.392 e. The molecule has 0 unspecified atom stereocenters. The molecule has 38 heavy (non-hydrogen) atoms. The average molecular weight is 515 g/mol. The highest BCUT2D eigenvalue weighted by molar-refractivity contribution is 6.36. The number of rotatable bonds is 5. The summed E-state index contributed by atoms with van der Waals surface area (Å²) >= 11 is 0. The lowest BCUT2D eigenvalue weighted by Crippen LogP contribution is -2.43. The van der Waals surface area contributed by atoms with Crippen LogP contribution in [0.2, 0.25) is 0 Å². The van der Waals surface area contributed by atoms with Gasteiger partial charge in [0, 0.05) is 54.7 Å². The maximum absolute atomic E-state index is 14.7. The molecule has 2 amide bonds. The van der Waals surface area contributed by atoms with Crippen molar-refractivity contribution in [3.63, 3.8) is 0 Å². The van der Waals surface area contributed by atoms with Crippen molar-refractivity contribution in [2.75, 3.05) is 31.5 Å². The molecule has 0 radical (unpaired) electrons. The van der Waals surface area contributed by atoms with Crippen LogP contribution in [0.3, 0.4) is 0 Å². The van der Waals surface area contributed by atoms with Gasteiger partial charge in [0.1, 0.15) is 5.82 Å². The van der Waals surface area contributed by atoms with Crippen LogP contribution >= 0.6 is 0 Å². The largest absolute Gasteiger partial charge is 0.392 e. The Bertz CT molecular complexity index is 1440. The van der Waals surface area contributed by atoms with E-state index in [1.54, 1.807) is 36.4 Å². The van der Waals surface area contributed by atoms with E-state index in [4.69, 9.17) is 0 Å². The van der Waals surface area contributed by atoms with Crippen LogP contribution in [0.25, 0.3) is 22.8 Å². The average Bonchev–Trinajstić information content (AvgIpc) is 3.67. The number of aryl methyl sites for hydroxylation is 1. The second-order valence-electron chi connectivity index (χ2n) is 10.5. The Labute approximate surface area is 221 Å². The molecule has 3 aliphatic rings. The molecule has 8 heteroatoms. The lowest BCUT2D eigenvalue weighted by atomic mass is 9.94. The van der Waals surface area contributed by atoms with Crippen molar-refractivity contribution in [3.05, 3.63) is 76.9 Å². The molecular weight excluding hydrogens is 483 g/mol. The fourth-order valence-electron chi connectivity index (χ4n) is 6.06. The molecule has 0 aliphatic carbocycles. The molecule has 2 fully saturated rings. The Balaban J connectivity index is 1.35. The van der Waals surface area contributed by atoms with Gasteiger partial charge in [0.25, 0.3) is 11.8 Å². The van der Waals surface area contributed by atoms with E-state index in [0.29, 0.717) is 52.3 Å². The van der Waals surface area contributed by atoms with Gasteiger partial charge in [-0.3, -0.25) is 14.5 Å². The number of aromatic nitrogens is 1. The van der Waals surface area contributed by atoms with Crippen LogP contribution < -0.4 is 5.32 Å².